The highest BCUT2D eigenvalue weighted by atomic mass is 35.5. The van der Waals surface area contributed by atoms with Crippen molar-refractivity contribution < 1.29 is 0 Å². The van der Waals surface area contributed by atoms with Crippen LogP contribution in [0.25, 0.3) is 0 Å². The second-order valence-electron chi connectivity index (χ2n) is 5.70. The number of nitrogens with zero attached hydrogens (tertiary/aromatic N) is 3. The molecule has 0 saturated carbocycles. The zero-order chi connectivity index (χ0) is 14.5. The van der Waals surface area contributed by atoms with E-state index in [-0.39, 0.29) is 17.8 Å². The molecule has 1 saturated heterocycles. The molecule has 1 aromatic heterocycles. The molecule has 1 aliphatic heterocycles. The molecule has 4 heteroatoms. The molecule has 1 fully saturated rings. The van der Waals surface area contributed by atoms with Crippen LogP contribution in [0, 0.1) is 11.3 Å². The molecule has 0 amide bonds. The Hall–Kier alpha value is -1.89. The van der Waals surface area contributed by atoms with Gasteiger partial charge in [-0.25, -0.2) is 0 Å². The van der Waals surface area contributed by atoms with E-state index < -0.39 is 0 Å². The van der Waals surface area contributed by atoms with Crippen molar-refractivity contribution in [1.29, 1.82) is 5.26 Å². The van der Waals surface area contributed by atoms with Crippen molar-refractivity contribution in [2.24, 2.45) is 0 Å². The number of hydrogen-bond donors (Lipinski definition) is 0. The van der Waals surface area contributed by atoms with Crippen molar-refractivity contribution in [1.82, 2.24) is 9.88 Å². The van der Waals surface area contributed by atoms with Crippen LogP contribution in [0.2, 0.25) is 0 Å². The molecule has 0 N–H and O–H groups in total. The number of pyridine rings is 1. The number of halogens is 1. The highest BCUT2D eigenvalue weighted by Crippen LogP contribution is 2.34. The van der Waals surface area contributed by atoms with Gasteiger partial charge in [0, 0.05) is 32.0 Å². The van der Waals surface area contributed by atoms with E-state index in [9.17, 15) is 5.26 Å². The summed E-state index contributed by atoms with van der Waals surface area (Å²) < 4.78 is 0. The molecule has 3 nitrogen and oxygen atoms in total. The number of benzene rings is 1. The largest absolute Gasteiger partial charge is 0.299 e. The summed E-state index contributed by atoms with van der Waals surface area (Å²) in [7, 11) is 0. The van der Waals surface area contributed by atoms with Crippen molar-refractivity contribution in [2.75, 3.05) is 13.1 Å². The van der Waals surface area contributed by atoms with Crippen molar-refractivity contribution in [3.63, 3.8) is 0 Å². The summed E-state index contributed by atoms with van der Waals surface area (Å²) in [5.41, 5.74) is 2.04. The summed E-state index contributed by atoms with van der Waals surface area (Å²) in [5.74, 6) is 0. The lowest BCUT2D eigenvalue weighted by atomic mass is 9.74. The maximum atomic E-state index is 9.67. The highest BCUT2D eigenvalue weighted by molar-refractivity contribution is 5.85. The van der Waals surface area contributed by atoms with Gasteiger partial charge in [-0.15, -0.1) is 12.4 Å². The van der Waals surface area contributed by atoms with Crippen LogP contribution in [0.15, 0.2) is 54.9 Å². The van der Waals surface area contributed by atoms with E-state index in [1.54, 1.807) is 6.20 Å². The second kappa shape index (κ2) is 7.40. The zero-order valence-corrected chi connectivity index (χ0v) is 13.3. The van der Waals surface area contributed by atoms with Gasteiger partial charge in [-0.2, -0.15) is 5.26 Å². The first-order valence-corrected chi connectivity index (χ1v) is 7.40. The summed E-state index contributed by atoms with van der Waals surface area (Å²) in [6, 6.07) is 17.0. The van der Waals surface area contributed by atoms with E-state index >= 15 is 0 Å². The van der Waals surface area contributed by atoms with Gasteiger partial charge in [0.05, 0.1) is 11.5 Å². The molecule has 1 aromatic carbocycles. The summed E-state index contributed by atoms with van der Waals surface area (Å²) in [5, 5.41) is 9.67. The molecule has 114 valence electrons. The minimum atomic E-state index is -0.360. The number of piperidine rings is 1. The average molecular weight is 314 g/mol. The van der Waals surface area contributed by atoms with E-state index in [0.29, 0.717) is 0 Å². The van der Waals surface area contributed by atoms with Crippen LogP contribution in [-0.2, 0) is 12.0 Å². The van der Waals surface area contributed by atoms with Gasteiger partial charge in [0.15, 0.2) is 0 Å². The van der Waals surface area contributed by atoms with Crippen molar-refractivity contribution in [2.45, 2.75) is 24.8 Å². The van der Waals surface area contributed by atoms with Gasteiger partial charge in [0.1, 0.15) is 0 Å². The van der Waals surface area contributed by atoms with Crippen LogP contribution in [0.4, 0.5) is 0 Å². The molecular formula is C18H20ClN3. The summed E-state index contributed by atoms with van der Waals surface area (Å²) in [6.45, 7) is 2.88. The Morgan fingerprint density at radius 3 is 2.41 bits per heavy atom. The number of hydrogen-bond acceptors (Lipinski definition) is 3. The quantitative estimate of drug-likeness (QED) is 0.870. The molecule has 1 aliphatic rings. The number of aromatic nitrogens is 1. The van der Waals surface area contributed by atoms with Gasteiger partial charge in [-0.1, -0.05) is 36.4 Å². The summed E-state index contributed by atoms with van der Waals surface area (Å²) in [4.78, 5) is 6.61. The normalized spacial score (nSPS) is 17.2. The fraction of sp³-hybridized carbons (Fsp3) is 0.333. The van der Waals surface area contributed by atoms with Crippen LogP contribution in [-0.4, -0.2) is 23.0 Å². The van der Waals surface area contributed by atoms with E-state index in [1.165, 1.54) is 5.56 Å². The van der Waals surface area contributed by atoms with Gasteiger partial charge in [-0.05, 0) is 30.0 Å². The van der Waals surface area contributed by atoms with E-state index in [0.717, 1.165) is 38.0 Å². The highest BCUT2D eigenvalue weighted by Gasteiger charge is 2.36. The van der Waals surface area contributed by atoms with Gasteiger partial charge >= 0.3 is 0 Å². The Balaban J connectivity index is 0.00000176. The minimum absolute atomic E-state index is 0. The van der Waals surface area contributed by atoms with Crippen LogP contribution in [0.3, 0.4) is 0 Å². The lowest BCUT2D eigenvalue weighted by Gasteiger charge is -2.37. The van der Waals surface area contributed by atoms with E-state index in [1.807, 2.05) is 24.4 Å². The third-order valence-electron chi connectivity index (χ3n) is 4.39. The predicted molar refractivity (Wildman–Crippen MR) is 89.7 cm³/mol. The molecule has 0 bridgehead atoms. The van der Waals surface area contributed by atoms with Crippen molar-refractivity contribution in [3.05, 3.63) is 66.0 Å². The van der Waals surface area contributed by atoms with Gasteiger partial charge in [0.2, 0.25) is 0 Å². The maximum Gasteiger partial charge on any atom is 0.0861 e. The van der Waals surface area contributed by atoms with Crippen LogP contribution in [0.5, 0.6) is 0 Å². The van der Waals surface area contributed by atoms with Crippen LogP contribution in [0.1, 0.15) is 24.0 Å². The third kappa shape index (κ3) is 3.47. The maximum absolute atomic E-state index is 9.67. The first-order valence-electron chi connectivity index (χ1n) is 7.40. The molecule has 22 heavy (non-hydrogen) atoms. The average Bonchev–Trinajstić information content (AvgIpc) is 2.58. The summed E-state index contributed by atoms with van der Waals surface area (Å²) in [6.07, 6.45) is 5.36. The molecule has 2 heterocycles. The predicted octanol–water partition coefficient (Wildman–Crippen LogP) is 3.56. The number of likely N-dealkylation sites (tertiary alicyclic amines) is 1. The zero-order valence-electron chi connectivity index (χ0n) is 12.5. The van der Waals surface area contributed by atoms with E-state index in [2.05, 4.69) is 40.2 Å². The first kappa shape index (κ1) is 16.5. The molecule has 0 radical (unpaired) electrons. The molecule has 2 aromatic rings. The summed E-state index contributed by atoms with van der Waals surface area (Å²) >= 11 is 0. The Kier molecular flexibility index (Phi) is 5.54. The van der Waals surface area contributed by atoms with Crippen LogP contribution >= 0.6 is 12.4 Å². The Bertz CT molecular complexity index is 614. The second-order valence-corrected chi connectivity index (χ2v) is 5.70. The molecule has 0 aliphatic carbocycles. The van der Waals surface area contributed by atoms with Crippen LogP contribution < -0.4 is 0 Å². The van der Waals surface area contributed by atoms with Gasteiger partial charge < -0.3 is 0 Å². The van der Waals surface area contributed by atoms with Crippen molar-refractivity contribution >= 4 is 12.4 Å². The molecule has 0 atom stereocenters. The number of rotatable bonds is 3. The minimum Gasteiger partial charge on any atom is -0.299 e. The lowest BCUT2D eigenvalue weighted by Crippen LogP contribution is -2.41. The topological polar surface area (TPSA) is 39.9 Å². The fourth-order valence-electron chi connectivity index (χ4n) is 3.05. The van der Waals surface area contributed by atoms with Crippen molar-refractivity contribution in [3.8, 4) is 6.07 Å². The molecule has 3 rings (SSSR count). The SMILES string of the molecule is Cl.N#CC1(c2cccnc2)CCN(Cc2ccccc2)CC1. The smallest absolute Gasteiger partial charge is 0.0861 e. The first-order chi connectivity index (χ1) is 10.3. The lowest BCUT2D eigenvalue weighted by molar-refractivity contribution is 0.179. The van der Waals surface area contributed by atoms with E-state index in [4.69, 9.17) is 0 Å². The van der Waals surface area contributed by atoms with Gasteiger partial charge in [-0.3, -0.25) is 9.88 Å². The van der Waals surface area contributed by atoms with Gasteiger partial charge in [0.25, 0.3) is 0 Å². The monoisotopic (exact) mass is 313 g/mol. The standard InChI is InChI=1S/C18H19N3.ClH/c19-15-18(17-7-4-10-20-13-17)8-11-21(12-9-18)14-16-5-2-1-3-6-16;/h1-7,10,13H,8-9,11-12,14H2;1H. The molecular weight excluding hydrogens is 294 g/mol. The fourth-order valence-corrected chi connectivity index (χ4v) is 3.05. The Labute approximate surface area is 138 Å². The Morgan fingerprint density at radius 2 is 1.82 bits per heavy atom. The number of nitriles is 1. The molecule has 0 spiro atoms. The molecule has 0 unspecified atom stereocenters. The Morgan fingerprint density at radius 1 is 1.09 bits per heavy atom. The third-order valence-corrected chi connectivity index (χ3v) is 4.39.